The van der Waals surface area contributed by atoms with Crippen LogP contribution in [0.2, 0.25) is 10.3 Å². The first-order valence-corrected chi connectivity index (χ1v) is 21.7. The van der Waals surface area contributed by atoms with Crippen molar-refractivity contribution in [1.29, 1.82) is 0 Å². The molecule has 4 heterocycles. The molecule has 0 aliphatic rings. The van der Waals surface area contributed by atoms with E-state index in [2.05, 4.69) is 40.4 Å². The quantitative estimate of drug-likeness (QED) is 0.0332. The summed E-state index contributed by atoms with van der Waals surface area (Å²) < 4.78 is 10.3. The number of hydrogen-bond donors (Lipinski definition) is 0. The number of nitrogens with zero attached hydrogens (tertiary/aromatic N) is 8. The molecule has 0 saturated carbocycles. The number of aromatic nitrogens is 4. The van der Waals surface area contributed by atoms with E-state index in [4.69, 9.17) is 32.7 Å². The maximum Gasteiger partial charge on any atom is 0.339 e. The first-order valence-electron chi connectivity index (χ1n) is 20.9. The molecule has 0 fully saturated rings. The van der Waals surface area contributed by atoms with E-state index in [-0.39, 0.29) is 38.3 Å². The fraction of sp³-hybridized carbons (Fsp3) is 0.160. The van der Waals surface area contributed by atoms with Crippen molar-refractivity contribution in [2.75, 3.05) is 13.2 Å². The number of fused-ring (bicyclic) bond motifs is 2. The van der Waals surface area contributed by atoms with Gasteiger partial charge in [0, 0.05) is 39.7 Å². The van der Waals surface area contributed by atoms with Crippen molar-refractivity contribution in [3.05, 3.63) is 155 Å². The van der Waals surface area contributed by atoms with Crippen LogP contribution >= 0.6 is 23.2 Å². The Morgan fingerprint density at radius 2 is 0.955 bits per heavy atom. The number of pyridine rings is 4. The third kappa shape index (κ3) is 12.6. The van der Waals surface area contributed by atoms with Gasteiger partial charge in [-0.2, -0.15) is 0 Å². The average Bonchev–Trinajstić information content (AvgIpc) is 3.34. The fourth-order valence-electron chi connectivity index (χ4n) is 6.51. The van der Waals surface area contributed by atoms with Gasteiger partial charge in [0.15, 0.2) is 11.6 Å². The summed E-state index contributed by atoms with van der Waals surface area (Å²) in [5, 5.41) is 43.5. The Balaban J connectivity index is 0.000000218. The molecule has 0 bridgehead atoms. The van der Waals surface area contributed by atoms with Crippen LogP contribution in [0.25, 0.3) is 44.1 Å². The SMILES string of the molecule is CCCCOC(=O)c1ccc(N=Nc2ccc([O-])c3c(-c4ccccc4)cc(Cl)nc23)nc1.CCCCOC(=O)c1ccc(N=Nc2ccc([O-])c3c(-c4ccccc4)cc(Cl)nc23)nc1.[Ni]. The molecule has 17 heteroatoms. The van der Waals surface area contributed by atoms with E-state index in [1.807, 2.05) is 74.5 Å². The fourth-order valence-corrected chi connectivity index (χ4v) is 6.90. The molecule has 0 aliphatic heterocycles. The summed E-state index contributed by atoms with van der Waals surface area (Å²) in [7, 11) is 0. The third-order valence-corrected chi connectivity index (χ3v) is 10.2. The number of carbonyl (C=O) groups excluding carboxylic acids is 2. The van der Waals surface area contributed by atoms with Crippen LogP contribution in [-0.4, -0.2) is 45.1 Å². The van der Waals surface area contributed by atoms with Gasteiger partial charge in [0.2, 0.25) is 0 Å². The molecular formula is C50H40Cl2N8NiO6-2. The number of benzene rings is 4. The molecule has 0 spiro atoms. The zero-order valence-electron chi connectivity index (χ0n) is 36.0. The molecule has 0 aliphatic carbocycles. The van der Waals surface area contributed by atoms with Crippen LogP contribution in [0.5, 0.6) is 11.5 Å². The minimum Gasteiger partial charge on any atom is -0.872 e. The van der Waals surface area contributed by atoms with Crippen LogP contribution < -0.4 is 10.2 Å². The number of halogens is 2. The second-order valence-electron chi connectivity index (χ2n) is 14.5. The molecule has 14 nitrogen and oxygen atoms in total. The smallest absolute Gasteiger partial charge is 0.339 e. The summed E-state index contributed by atoms with van der Waals surface area (Å²) in [6.45, 7) is 4.80. The number of rotatable bonds is 14. The van der Waals surface area contributed by atoms with E-state index in [1.165, 1.54) is 24.5 Å². The molecule has 0 amide bonds. The predicted molar refractivity (Wildman–Crippen MR) is 250 cm³/mol. The van der Waals surface area contributed by atoms with Crippen molar-refractivity contribution in [2.24, 2.45) is 20.5 Å². The van der Waals surface area contributed by atoms with Crippen molar-refractivity contribution < 1.29 is 45.8 Å². The number of esters is 2. The maximum absolute atomic E-state index is 12.7. The molecule has 0 atom stereocenters. The summed E-state index contributed by atoms with van der Waals surface area (Å²) in [5.74, 6) is -0.630. The first-order chi connectivity index (χ1) is 32.1. The van der Waals surface area contributed by atoms with Crippen molar-refractivity contribution in [2.45, 2.75) is 39.5 Å². The molecule has 342 valence electrons. The molecule has 0 radical (unpaired) electrons. The minimum absolute atomic E-state index is 0. The van der Waals surface area contributed by atoms with Gasteiger partial charge in [0.25, 0.3) is 0 Å². The monoisotopic (exact) mass is 976 g/mol. The largest absolute Gasteiger partial charge is 0.872 e. The van der Waals surface area contributed by atoms with Gasteiger partial charge in [-0.05, 0) is 83.6 Å². The first kappa shape index (κ1) is 49.3. The zero-order chi connectivity index (χ0) is 46.4. The van der Waals surface area contributed by atoms with Crippen molar-refractivity contribution in [3.8, 4) is 33.8 Å². The number of azo groups is 2. The number of carbonyl (C=O) groups is 2. The summed E-state index contributed by atoms with van der Waals surface area (Å²) in [5.41, 5.74) is 5.21. The summed E-state index contributed by atoms with van der Waals surface area (Å²) in [6.07, 6.45) is 6.30. The van der Waals surface area contributed by atoms with E-state index >= 15 is 0 Å². The van der Waals surface area contributed by atoms with Crippen LogP contribution in [0.15, 0.2) is 154 Å². The Morgan fingerprint density at radius 1 is 0.552 bits per heavy atom. The molecule has 8 aromatic rings. The van der Waals surface area contributed by atoms with Crippen molar-refractivity contribution in [1.82, 2.24) is 19.9 Å². The Bertz CT molecular complexity index is 2830. The van der Waals surface area contributed by atoms with Gasteiger partial charge in [-0.3, -0.25) is 0 Å². The van der Waals surface area contributed by atoms with Gasteiger partial charge in [-0.25, -0.2) is 29.5 Å². The number of unbranched alkanes of at least 4 members (excludes halogenated alkanes) is 2. The number of hydrogen-bond acceptors (Lipinski definition) is 14. The Labute approximate surface area is 405 Å². The number of ether oxygens (including phenoxy) is 2. The van der Waals surface area contributed by atoms with Gasteiger partial charge in [-0.15, -0.1) is 20.5 Å². The van der Waals surface area contributed by atoms with E-state index < -0.39 is 11.9 Å². The summed E-state index contributed by atoms with van der Waals surface area (Å²) in [6, 6.07) is 34.5. The molecule has 0 unspecified atom stereocenters. The normalized spacial score (nSPS) is 11.0. The van der Waals surface area contributed by atoms with Crippen LogP contribution in [0, 0.1) is 0 Å². The Hall–Kier alpha value is -7.19. The van der Waals surface area contributed by atoms with Crippen LogP contribution in [0.3, 0.4) is 0 Å². The third-order valence-electron chi connectivity index (χ3n) is 9.86. The average molecular weight is 979 g/mol. The molecule has 67 heavy (non-hydrogen) atoms. The zero-order valence-corrected chi connectivity index (χ0v) is 38.5. The Kier molecular flexibility index (Phi) is 17.5. The Morgan fingerprint density at radius 3 is 1.31 bits per heavy atom. The van der Waals surface area contributed by atoms with Gasteiger partial charge in [0.05, 0.1) is 35.4 Å². The summed E-state index contributed by atoms with van der Waals surface area (Å²) in [4.78, 5) is 41.0. The summed E-state index contributed by atoms with van der Waals surface area (Å²) >= 11 is 12.5. The van der Waals surface area contributed by atoms with Crippen LogP contribution in [-0.2, 0) is 26.0 Å². The molecule has 0 saturated heterocycles. The van der Waals surface area contributed by atoms with E-state index in [9.17, 15) is 19.8 Å². The minimum atomic E-state index is -0.427. The van der Waals surface area contributed by atoms with E-state index in [0.717, 1.165) is 36.8 Å². The molecule has 0 N–H and O–H groups in total. The molecule has 4 aromatic heterocycles. The standard InChI is InChI=1S/2C25H21ClN4O3.Ni/c2*1-2-3-13-33-25(32)17-9-12-22(27-15-17)30-29-19-10-11-20(31)23-18(14-21(26)28-24(19)23)16-7-5-4-6-8-16;/h2*4-12,14-15,31H,2-3,13H2,1H3;/p-2. The molecule has 8 rings (SSSR count). The topological polar surface area (TPSA) is 200 Å². The second kappa shape index (κ2) is 23.8. The van der Waals surface area contributed by atoms with Crippen LogP contribution in [0.4, 0.5) is 23.0 Å². The maximum atomic E-state index is 12.7. The molecule has 4 aromatic carbocycles. The predicted octanol–water partition coefficient (Wildman–Crippen LogP) is 12.8. The van der Waals surface area contributed by atoms with Gasteiger partial charge < -0.3 is 19.7 Å². The van der Waals surface area contributed by atoms with Crippen molar-refractivity contribution in [3.63, 3.8) is 0 Å². The van der Waals surface area contributed by atoms with Gasteiger partial charge >= 0.3 is 11.9 Å². The second-order valence-corrected chi connectivity index (χ2v) is 15.3. The molecular weight excluding hydrogens is 938 g/mol. The van der Waals surface area contributed by atoms with Gasteiger partial charge in [-0.1, -0.05) is 134 Å². The van der Waals surface area contributed by atoms with Gasteiger partial charge in [0.1, 0.15) is 21.7 Å². The van der Waals surface area contributed by atoms with E-state index in [0.29, 0.717) is 80.3 Å². The van der Waals surface area contributed by atoms with Crippen molar-refractivity contribution >= 4 is 80.0 Å². The van der Waals surface area contributed by atoms with Crippen LogP contribution in [0.1, 0.15) is 60.2 Å². The van der Waals surface area contributed by atoms with E-state index in [1.54, 1.807) is 48.5 Å².